The van der Waals surface area contributed by atoms with Crippen LogP contribution in [0.1, 0.15) is 47.3 Å². The van der Waals surface area contributed by atoms with Crippen LogP contribution in [0.5, 0.6) is 5.75 Å². The number of benzene rings is 3. The molecular weight excluding hydrogens is 436 g/mol. The molecule has 0 saturated heterocycles. The van der Waals surface area contributed by atoms with Gasteiger partial charge in [-0.15, -0.1) is 0 Å². The first-order valence-electron chi connectivity index (χ1n) is 12.1. The minimum Gasteiger partial charge on any atom is -0.490 e. The molecule has 3 atom stereocenters. The number of carbonyl (C=O) groups excluding carboxylic acids is 2. The van der Waals surface area contributed by atoms with Crippen molar-refractivity contribution in [3.05, 3.63) is 114 Å². The Balaban J connectivity index is 1.73. The van der Waals surface area contributed by atoms with Gasteiger partial charge in [-0.1, -0.05) is 84.9 Å². The molecule has 1 aliphatic rings. The predicted octanol–water partition coefficient (Wildman–Crippen LogP) is 5.34. The number of likely N-dealkylation sites (N-methyl/N-ethyl adjacent to an activating group) is 1. The normalized spacial score (nSPS) is 22.3. The van der Waals surface area contributed by atoms with Crippen molar-refractivity contribution in [2.24, 2.45) is 0 Å². The van der Waals surface area contributed by atoms with Crippen LogP contribution in [0.4, 0.5) is 0 Å². The van der Waals surface area contributed by atoms with Gasteiger partial charge in [0.05, 0.1) is 17.7 Å². The molecule has 3 aromatic carbocycles. The molecule has 0 bridgehead atoms. The first-order chi connectivity index (χ1) is 17.0. The summed E-state index contributed by atoms with van der Waals surface area (Å²) in [7, 11) is 1.69. The number of nitrogens with zero attached hydrogens (tertiary/aromatic N) is 1. The van der Waals surface area contributed by atoms with Crippen molar-refractivity contribution in [1.82, 2.24) is 10.2 Å². The molecule has 35 heavy (non-hydrogen) atoms. The summed E-state index contributed by atoms with van der Waals surface area (Å²) in [6.45, 7) is 2.00. The monoisotopic (exact) mass is 468 g/mol. The van der Waals surface area contributed by atoms with Gasteiger partial charge in [0.25, 0.3) is 5.91 Å². The molecule has 1 aliphatic heterocycles. The van der Waals surface area contributed by atoms with Crippen molar-refractivity contribution in [3.8, 4) is 5.75 Å². The van der Waals surface area contributed by atoms with Gasteiger partial charge in [0.15, 0.2) is 0 Å². The highest BCUT2D eigenvalue weighted by atomic mass is 16.5. The number of hydrogen-bond donors (Lipinski definition) is 1. The highest BCUT2D eigenvalue weighted by molar-refractivity contribution is 5.99. The summed E-state index contributed by atoms with van der Waals surface area (Å²) in [4.78, 5) is 28.9. The Labute approximate surface area is 207 Å². The molecule has 4 rings (SSSR count). The lowest BCUT2D eigenvalue weighted by Crippen LogP contribution is -2.49. The van der Waals surface area contributed by atoms with E-state index in [2.05, 4.69) is 17.5 Å². The van der Waals surface area contributed by atoms with Crippen LogP contribution < -0.4 is 10.1 Å². The molecule has 1 heterocycles. The average molecular weight is 469 g/mol. The van der Waals surface area contributed by atoms with Crippen molar-refractivity contribution in [1.29, 1.82) is 0 Å². The Kier molecular flexibility index (Phi) is 7.99. The molecule has 3 aromatic rings. The first-order valence-corrected chi connectivity index (χ1v) is 12.1. The van der Waals surface area contributed by atoms with Gasteiger partial charge in [0.1, 0.15) is 11.8 Å². The molecule has 0 aliphatic carbocycles. The van der Waals surface area contributed by atoms with E-state index in [4.69, 9.17) is 4.74 Å². The van der Waals surface area contributed by atoms with E-state index in [-0.39, 0.29) is 24.0 Å². The number of rotatable bonds is 3. The molecule has 180 valence electrons. The van der Waals surface area contributed by atoms with E-state index in [1.165, 1.54) is 0 Å². The maximum absolute atomic E-state index is 13.7. The quantitative estimate of drug-likeness (QED) is 0.528. The van der Waals surface area contributed by atoms with Gasteiger partial charge >= 0.3 is 0 Å². The van der Waals surface area contributed by atoms with E-state index in [1.807, 2.05) is 85.8 Å². The van der Waals surface area contributed by atoms with Crippen molar-refractivity contribution in [3.63, 3.8) is 0 Å². The number of carbonyl (C=O) groups is 2. The van der Waals surface area contributed by atoms with Gasteiger partial charge in [-0.05, 0) is 36.6 Å². The van der Waals surface area contributed by atoms with E-state index < -0.39 is 6.04 Å². The maximum atomic E-state index is 13.7. The number of amides is 2. The zero-order valence-corrected chi connectivity index (χ0v) is 20.3. The molecule has 2 amide bonds. The van der Waals surface area contributed by atoms with Gasteiger partial charge in [0, 0.05) is 19.9 Å². The average Bonchev–Trinajstić information content (AvgIpc) is 2.89. The van der Waals surface area contributed by atoms with E-state index in [9.17, 15) is 9.59 Å². The maximum Gasteiger partial charge on any atom is 0.258 e. The Morgan fingerprint density at radius 3 is 2.23 bits per heavy atom. The minimum absolute atomic E-state index is 0.0988. The number of nitrogens with one attached hydrogen (secondary N) is 1. The van der Waals surface area contributed by atoms with E-state index in [0.29, 0.717) is 30.6 Å². The molecule has 0 aromatic heterocycles. The lowest BCUT2D eigenvalue weighted by molar-refractivity contribution is -0.126. The summed E-state index contributed by atoms with van der Waals surface area (Å²) in [5.41, 5.74) is 2.47. The van der Waals surface area contributed by atoms with Crippen LogP contribution in [0.2, 0.25) is 0 Å². The van der Waals surface area contributed by atoms with Crippen LogP contribution in [0, 0.1) is 0 Å². The van der Waals surface area contributed by atoms with Crippen LogP contribution in [0.15, 0.2) is 97.1 Å². The lowest BCUT2D eigenvalue weighted by atomic mass is 9.99. The van der Waals surface area contributed by atoms with Gasteiger partial charge in [0.2, 0.25) is 5.91 Å². The molecule has 5 heteroatoms. The largest absolute Gasteiger partial charge is 0.490 e. The number of hydrogen-bond acceptors (Lipinski definition) is 3. The summed E-state index contributed by atoms with van der Waals surface area (Å²) < 4.78 is 6.15. The third-order valence-electron chi connectivity index (χ3n) is 6.33. The Morgan fingerprint density at radius 2 is 1.49 bits per heavy atom. The van der Waals surface area contributed by atoms with Crippen LogP contribution in [0.25, 0.3) is 0 Å². The second kappa shape index (κ2) is 11.5. The molecule has 5 nitrogen and oxygen atoms in total. The summed E-state index contributed by atoms with van der Waals surface area (Å²) >= 11 is 0. The highest BCUT2D eigenvalue weighted by Crippen LogP contribution is 2.25. The van der Waals surface area contributed by atoms with Crippen molar-refractivity contribution < 1.29 is 14.3 Å². The number of para-hydroxylation sites is 1. The topological polar surface area (TPSA) is 58.6 Å². The van der Waals surface area contributed by atoms with Crippen molar-refractivity contribution in [2.75, 3.05) is 7.05 Å². The predicted molar refractivity (Wildman–Crippen MR) is 138 cm³/mol. The molecule has 0 radical (unpaired) electrons. The Bertz CT molecular complexity index is 1160. The highest BCUT2D eigenvalue weighted by Gasteiger charge is 2.31. The Morgan fingerprint density at radius 1 is 0.857 bits per heavy atom. The third-order valence-corrected chi connectivity index (χ3v) is 6.33. The summed E-state index contributed by atoms with van der Waals surface area (Å²) in [5.74, 6) is 0.104. The van der Waals surface area contributed by atoms with Crippen LogP contribution in [0.3, 0.4) is 0 Å². The molecule has 0 fully saturated rings. The summed E-state index contributed by atoms with van der Waals surface area (Å²) in [5, 5.41) is 3.23. The fourth-order valence-corrected chi connectivity index (χ4v) is 4.34. The molecule has 0 saturated carbocycles. The van der Waals surface area contributed by atoms with Gasteiger partial charge < -0.3 is 15.0 Å². The van der Waals surface area contributed by atoms with Crippen LogP contribution in [-0.2, 0) is 11.2 Å². The fourth-order valence-electron chi connectivity index (χ4n) is 4.34. The lowest BCUT2D eigenvalue weighted by Gasteiger charge is -2.30. The van der Waals surface area contributed by atoms with Gasteiger partial charge in [-0.3, -0.25) is 9.59 Å². The van der Waals surface area contributed by atoms with Crippen LogP contribution in [-0.4, -0.2) is 35.9 Å². The van der Waals surface area contributed by atoms with Gasteiger partial charge in [-0.2, -0.15) is 0 Å². The smallest absolute Gasteiger partial charge is 0.258 e. The second-order valence-corrected chi connectivity index (χ2v) is 8.96. The zero-order valence-electron chi connectivity index (χ0n) is 20.3. The fraction of sp³-hybridized carbons (Fsp3) is 0.267. The van der Waals surface area contributed by atoms with Crippen LogP contribution >= 0.6 is 0 Å². The van der Waals surface area contributed by atoms with Crippen molar-refractivity contribution in [2.45, 2.75) is 44.4 Å². The third kappa shape index (κ3) is 6.18. The van der Waals surface area contributed by atoms with E-state index >= 15 is 0 Å². The van der Waals surface area contributed by atoms with Crippen molar-refractivity contribution >= 4 is 11.8 Å². The standard InChI is InChI=1S/C30H32N2O3/c1-22-13-9-11-19-26(24-16-7-4-8-17-24)31-29(33)27(21-23-14-5-3-6-15-23)32(2)30(34)25-18-10-12-20-28(25)35-22/h3-12,14-18,20,22,26-27H,13,19,21H2,1-2H3,(H,31,33)/b11-9-/t22-,26-,27+/m0/s1. The number of fused-ring (bicyclic) bond motifs is 1. The van der Waals surface area contributed by atoms with E-state index in [1.54, 1.807) is 18.0 Å². The zero-order chi connectivity index (χ0) is 24.6. The SMILES string of the molecule is C[C@H]1C/C=C\C[C@@H](c2ccccc2)NC(=O)[C@@H](Cc2ccccc2)N(C)C(=O)c2ccccc2O1. The Hall–Kier alpha value is -3.86. The number of ether oxygens (including phenoxy) is 1. The molecule has 1 N–H and O–H groups in total. The van der Waals surface area contributed by atoms with Gasteiger partial charge in [-0.25, -0.2) is 0 Å². The van der Waals surface area contributed by atoms with E-state index in [0.717, 1.165) is 11.1 Å². The summed E-state index contributed by atoms with van der Waals surface area (Å²) in [6.07, 6.45) is 5.83. The summed E-state index contributed by atoms with van der Waals surface area (Å²) in [6, 6.07) is 26.1. The molecule has 0 spiro atoms. The first kappa shape index (κ1) is 24.3. The minimum atomic E-state index is -0.687. The molecular formula is C30H32N2O3. The molecule has 0 unspecified atom stereocenters. The second-order valence-electron chi connectivity index (χ2n) is 8.96.